The van der Waals surface area contributed by atoms with Crippen LogP contribution in [0.2, 0.25) is 0 Å². The molecule has 0 radical (unpaired) electrons. The SMILES string of the molecule is Cl.Oc1cccc(-c2csc3nc(C45CC6CC(CC(C6)C4)C5)cn23)c1. The molecule has 3 aromatic rings. The minimum Gasteiger partial charge on any atom is -0.508 e. The van der Waals surface area contributed by atoms with Crippen LogP contribution in [0.4, 0.5) is 0 Å². The Morgan fingerprint density at radius 1 is 1.08 bits per heavy atom. The van der Waals surface area contributed by atoms with Gasteiger partial charge in [0.15, 0.2) is 4.96 Å². The zero-order valence-electron chi connectivity index (χ0n) is 14.6. The average Bonchev–Trinajstić information content (AvgIpc) is 3.14. The van der Waals surface area contributed by atoms with Crippen molar-refractivity contribution in [2.24, 2.45) is 17.8 Å². The third kappa shape index (κ3) is 2.35. The number of aromatic nitrogens is 2. The second kappa shape index (κ2) is 5.74. The summed E-state index contributed by atoms with van der Waals surface area (Å²) < 4.78 is 2.24. The molecule has 4 bridgehead atoms. The predicted octanol–water partition coefficient (Wildman–Crippen LogP) is 5.66. The van der Waals surface area contributed by atoms with Crippen LogP contribution in [0.1, 0.15) is 44.2 Å². The molecule has 0 spiro atoms. The van der Waals surface area contributed by atoms with E-state index in [2.05, 4.69) is 22.0 Å². The number of fused-ring (bicyclic) bond motifs is 1. The number of hydrogen-bond donors (Lipinski definition) is 1. The van der Waals surface area contributed by atoms with Gasteiger partial charge in [-0.25, -0.2) is 4.98 Å². The van der Waals surface area contributed by atoms with Gasteiger partial charge in [-0.1, -0.05) is 12.1 Å². The minimum atomic E-state index is 0. The lowest BCUT2D eigenvalue weighted by Gasteiger charge is -2.56. The van der Waals surface area contributed by atoms with E-state index in [9.17, 15) is 5.11 Å². The first kappa shape index (κ1) is 16.6. The van der Waals surface area contributed by atoms with E-state index in [1.54, 1.807) is 17.4 Å². The minimum absolute atomic E-state index is 0. The van der Waals surface area contributed by atoms with Gasteiger partial charge in [0, 0.05) is 22.6 Å². The van der Waals surface area contributed by atoms with E-state index in [0.717, 1.165) is 34.0 Å². The Kier molecular flexibility index (Phi) is 3.67. The molecule has 7 rings (SSSR count). The quantitative estimate of drug-likeness (QED) is 0.617. The smallest absolute Gasteiger partial charge is 0.194 e. The highest BCUT2D eigenvalue weighted by molar-refractivity contribution is 7.15. The Morgan fingerprint density at radius 3 is 2.42 bits per heavy atom. The second-order valence-electron chi connectivity index (χ2n) is 8.65. The Balaban J connectivity index is 0.00000150. The van der Waals surface area contributed by atoms with Crippen molar-refractivity contribution in [3.05, 3.63) is 41.5 Å². The first-order valence-electron chi connectivity index (χ1n) is 9.45. The van der Waals surface area contributed by atoms with Crippen LogP contribution in [0, 0.1) is 17.8 Å². The highest BCUT2D eigenvalue weighted by atomic mass is 35.5. The van der Waals surface area contributed by atoms with Crippen molar-refractivity contribution in [1.29, 1.82) is 0 Å². The van der Waals surface area contributed by atoms with Gasteiger partial charge in [0.25, 0.3) is 0 Å². The third-order valence-electron chi connectivity index (χ3n) is 6.93. The molecule has 4 fully saturated rings. The molecule has 2 heterocycles. The van der Waals surface area contributed by atoms with E-state index in [1.807, 2.05) is 12.1 Å². The van der Waals surface area contributed by atoms with Crippen molar-refractivity contribution in [1.82, 2.24) is 9.38 Å². The Bertz CT molecular complexity index is 940. The fraction of sp³-hybridized carbons (Fsp3) is 0.476. The molecule has 26 heavy (non-hydrogen) atoms. The molecule has 1 aromatic carbocycles. The summed E-state index contributed by atoms with van der Waals surface area (Å²) in [5.41, 5.74) is 3.87. The first-order valence-corrected chi connectivity index (χ1v) is 10.3. The number of hydrogen-bond acceptors (Lipinski definition) is 3. The van der Waals surface area contributed by atoms with Gasteiger partial charge in [-0.05, 0) is 68.4 Å². The number of phenols is 1. The average molecular weight is 387 g/mol. The standard InChI is InChI=1S/C21H22N2OS.ClH/c24-17-3-1-2-16(7-17)18-12-25-20-22-19(11-23(18)20)21-8-13-4-14(9-21)6-15(5-13)10-21;/h1-3,7,11-15,24H,4-6,8-10H2;1H. The molecule has 5 heteroatoms. The molecule has 0 atom stereocenters. The van der Waals surface area contributed by atoms with Crippen molar-refractivity contribution < 1.29 is 5.11 Å². The number of phenolic OH excluding ortho intramolecular Hbond substituents is 1. The van der Waals surface area contributed by atoms with E-state index in [4.69, 9.17) is 4.98 Å². The molecular weight excluding hydrogens is 364 g/mol. The highest BCUT2D eigenvalue weighted by Crippen LogP contribution is 2.60. The predicted molar refractivity (Wildman–Crippen MR) is 107 cm³/mol. The van der Waals surface area contributed by atoms with E-state index in [-0.39, 0.29) is 12.4 Å². The summed E-state index contributed by atoms with van der Waals surface area (Å²) in [5.74, 6) is 3.14. The van der Waals surface area contributed by atoms with Crippen LogP contribution in [-0.4, -0.2) is 14.5 Å². The molecule has 0 amide bonds. The Hall–Kier alpha value is -1.52. The van der Waals surface area contributed by atoms with Crippen molar-refractivity contribution in [3.8, 4) is 17.0 Å². The molecule has 136 valence electrons. The zero-order chi connectivity index (χ0) is 16.6. The van der Waals surface area contributed by atoms with Gasteiger partial charge in [0.1, 0.15) is 5.75 Å². The number of aromatic hydroxyl groups is 1. The molecule has 0 saturated heterocycles. The lowest BCUT2D eigenvalue weighted by molar-refractivity contribution is -0.00696. The van der Waals surface area contributed by atoms with Crippen molar-refractivity contribution >= 4 is 28.7 Å². The molecule has 4 saturated carbocycles. The van der Waals surface area contributed by atoms with E-state index in [0.29, 0.717) is 11.2 Å². The molecule has 3 nitrogen and oxygen atoms in total. The highest BCUT2D eigenvalue weighted by Gasteiger charge is 2.52. The van der Waals surface area contributed by atoms with E-state index < -0.39 is 0 Å². The van der Waals surface area contributed by atoms with Gasteiger partial charge in [-0.3, -0.25) is 4.40 Å². The fourth-order valence-corrected chi connectivity index (χ4v) is 7.22. The van der Waals surface area contributed by atoms with Gasteiger partial charge in [-0.2, -0.15) is 0 Å². The van der Waals surface area contributed by atoms with E-state index >= 15 is 0 Å². The Labute approximate surface area is 163 Å². The Morgan fingerprint density at radius 2 is 1.77 bits per heavy atom. The topological polar surface area (TPSA) is 37.5 Å². The molecule has 0 unspecified atom stereocenters. The maximum Gasteiger partial charge on any atom is 0.194 e. The van der Waals surface area contributed by atoms with Crippen LogP contribution < -0.4 is 0 Å². The van der Waals surface area contributed by atoms with Gasteiger partial charge in [-0.15, -0.1) is 23.7 Å². The fourth-order valence-electron chi connectivity index (χ4n) is 6.34. The normalized spacial score (nSPS) is 32.1. The summed E-state index contributed by atoms with van der Waals surface area (Å²) in [5, 5.41) is 12.0. The second-order valence-corrected chi connectivity index (χ2v) is 9.48. The van der Waals surface area contributed by atoms with Crippen LogP contribution in [0.5, 0.6) is 5.75 Å². The summed E-state index contributed by atoms with van der Waals surface area (Å²) in [6, 6.07) is 7.53. The molecule has 0 aliphatic heterocycles. The van der Waals surface area contributed by atoms with Gasteiger partial charge in [0.05, 0.1) is 11.4 Å². The molecular formula is C21H23ClN2OS. The summed E-state index contributed by atoms with van der Waals surface area (Å²) in [6.45, 7) is 0. The van der Waals surface area contributed by atoms with Crippen molar-refractivity contribution in [2.45, 2.75) is 43.9 Å². The first-order chi connectivity index (χ1) is 12.2. The molecule has 4 aliphatic carbocycles. The summed E-state index contributed by atoms with van der Waals surface area (Å²) in [7, 11) is 0. The van der Waals surface area contributed by atoms with Crippen LogP contribution in [0.15, 0.2) is 35.8 Å². The molecule has 2 aromatic heterocycles. The molecule has 4 aliphatic rings. The maximum atomic E-state index is 9.82. The van der Waals surface area contributed by atoms with Crippen LogP contribution in [-0.2, 0) is 5.41 Å². The number of nitrogens with zero attached hydrogens (tertiary/aromatic N) is 2. The monoisotopic (exact) mass is 386 g/mol. The van der Waals surface area contributed by atoms with Crippen LogP contribution in [0.3, 0.4) is 0 Å². The maximum absolute atomic E-state index is 9.82. The number of halogens is 1. The summed E-state index contributed by atoms with van der Waals surface area (Å²) >= 11 is 1.71. The lowest BCUT2D eigenvalue weighted by Crippen LogP contribution is -2.48. The van der Waals surface area contributed by atoms with Crippen molar-refractivity contribution in [2.75, 3.05) is 0 Å². The summed E-state index contributed by atoms with van der Waals surface area (Å²) in [6.07, 6.45) is 10.8. The summed E-state index contributed by atoms with van der Waals surface area (Å²) in [4.78, 5) is 6.18. The van der Waals surface area contributed by atoms with E-state index in [1.165, 1.54) is 44.2 Å². The largest absolute Gasteiger partial charge is 0.508 e. The number of thiazole rings is 1. The van der Waals surface area contributed by atoms with Crippen LogP contribution in [0.25, 0.3) is 16.2 Å². The van der Waals surface area contributed by atoms with Crippen LogP contribution >= 0.6 is 23.7 Å². The third-order valence-corrected chi connectivity index (χ3v) is 7.77. The van der Waals surface area contributed by atoms with Gasteiger partial charge < -0.3 is 5.11 Å². The van der Waals surface area contributed by atoms with Gasteiger partial charge >= 0.3 is 0 Å². The number of rotatable bonds is 2. The number of imidazole rings is 1. The van der Waals surface area contributed by atoms with Crippen molar-refractivity contribution in [3.63, 3.8) is 0 Å². The lowest BCUT2D eigenvalue weighted by atomic mass is 9.49. The number of benzene rings is 1. The van der Waals surface area contributed by atoms with Gasteiger partial charge in [0.2, 0.25) is 0 Å². The zero-order valence-corrected chi connectivity index (χ0v) is 16.2. The molecule has 1 N–H and O–H groups in total.